The first-order valence-corrected chi connectivity index (χ1v) is 11.1. The molecule has 0 atom stereocenters. The molecule has 0 spiro atoms. The number of hydrogen-bond donors (Lipinski definition) is 0. The van der Waals surface area contributed by atoms with E-state index in [2.05, 4.69) is 78.9 Å². The first-order valence-electron chi connectivity index (χ1n) is 10.3. The van der Waals surface area contributed by atoms with Gasteiger partial charge in [-0.3, -0.25) is 0 Å². The van der Waals surface area contributed by atoms with Crippen LogP contribution in [0.5, 0.6) is 5.75 Å². The Labute approximate surface area is 184 Å². The van der Waals surface area contributed by atoms with Gasteiger partial charge in [0, 0.05) is 0 Å². The second-order valence-corrected chi connectivity index (χ2v) is 8.71. The Morgan fingerprint density at radius 3 is 2.42 bits per heavy atom. The van der Waals surface area contributed by atoms with E-state index in [-0.39, 0.29) is 0 Å². The van der Waals surface area contributed by atoms with Gasteiger partial charge in [0.2, 0.25) is 0 Å². The van der Waals surface area contributed by atoms with Crippen molar-refractivity contribution in [1.29, 1.82) is 0 Å². The minimum absolute atomic E-state index is 0.861. The Hall–Kier alpha value is -3.69. The number of ether oxygens (including phenoxy) is 1. The van der Waals surface area contributed by atoms with Crippen LogP contribution in [0.4, 0.5) is 0 Å². The highest BCUT2D eigenvalue weighted by molar-refractivity contribution is 7.19. The summed E-state index contributed by atoms with van der Waals surface area (Å²) in [6, 6.07) is 30.1. The Morgan fingerprint density at radius 1 is 0.742 bits per heavy atom. The van der Waals surface area contributed by atoms with E-state index in [1.807, 2.05) is 18.2 Å². The third-order valence-corrected chi connectivity index (χ3v) is 6.76. The van der Waals surface area contributed by atoms with Gasteiger partial charge in [0.25, 0.3) is 0 Å². The molecule has 0 N–H and O–H groups in total. The molecule has 1 heterocycles. The molecule has 0 unspecified atom stereocenters. The van der Waals surface area contributed by atoms with Crippen molar-refractivity contribution in [1.82, 2.24) is 4.98 Å². The largest absolute Gasteiger partial charge is 0.497 e. The summed E-state index contributed by atoms with van der Waals surface area (Å²) in [5.74, 6) is 0.861. The number of thiazole rings is 1. The van der Waals surface area contributed by atoms with Crippen LogP contribution in [0.25, 0.3) is 54.7 Å². The molecule has 6 rings (SSSR count). The number of nitrogens with zero attached hydrogens (tertiary/aromatic N) is 1. The van der Waals surface area contributed by atoms with Crippen molar-refractivity contribution in [3.8, 4) is 5.75 Å². The van der Waals surface area contributed by atoms with Crippen LogP contribution < -0.4 is 4.74 Å². The fourth-order valence-electron chi connectivity index (χ4n) is 4.25. The fraction of sp³-hybridized carbons (Fsp3) is 0.0357. The monoisotopic (exact) mass is 417 g/mol. The Bertz CT molecular complexity index is 1630. The third-order valence-electron chi connectivity index (χ3n) is 5.78. The molecular formula is C28H19NOS. The maximum Gasteiger partial charge on any atom is 0.120 e. The second-order valence-electron chi connectivity index (χ2n) is 7.65. The minimum atomic E-state index is 0.861. The molecule has 3 heteroatoms. The maximum atomic E-state index is 5.34. The number of fused-ring (bicyclic) bond motifs is 5. The van der Waals surface area contributed by atoms with Crippen LogP contribution in [0.2, 0.25) is 0 Å². The number of aromatic nitrogens is 1. The molecule has 0 fully saturated rings. The van der Waals surface area contributed by atoms with Crippen LogP contribution in [0, 0.1) is 0 Å². The standard InChI is InChI=1S/C28H19NOS/c1-30-23-12-13-25-26(17-23)31-27(29-25)14-11-19-8-4-7-18-9-10-22-15-20-5-2-3-6-21(20)16-24(22)28(18)19/h2-17H,1H3. The molecule has 0 radical (unpaired) electrons. The molecule has 0 bridgehead atoms. The molecule has 31 heavy (non-hydrogen) atoms. The lowest BCUT2D eigenvalue weighted by Crippen LogP contribution is -1.83. The van der Waals surface area contributed by atoms with Crippen molar-refractivity contribution in [2.24, 2.45) is 0 Å². The first kappa shape index (κ1) is 18.1. The Kier molecular flexibility index (Phi) is 4.22. The molecule has 2 nitrogen and oxygen atoms in total. The number of hydrogen-bond acceptors (Lipinski definition) is 3. The van der Waals surface area contributed by atoms with Crippen LogP contribution in [0.3, 0.4) is 0 Å². The second kappa shape index (κ2) is 7.22. The topological polar surface area (TPSA) is 22.1 Å². The normalized spacial score (nSPS) is 11.9. The van der Waals surface area contributed by atoms with E-state index in [0.29, 0.717) is 0 Å². The van der Waals surface area contributed by atoms with Gasteiger partial charge in [0.05, 0.1) is 17.3 Å². The number of benzene rings is 5. The summed E-state index contributed by atoms with van der Waals surface area (Å²) >= 11 is 1.68. The lowest BCUT2D eigenvalue weighted by Gasteiger charge is -2.09. The summed E-state index contributed by atoms with van der Waals surface area (Å²) in [4.78, 5) is 4.76. The van der Waals surface area contributed by atoms with Crippen LogP contribution >= 0.6 is 11.3 Å². The van der Waals surface area contributed by atoms with Gasteiger partial charge in [-0.2, -0.15) is 0 Å². The highest BCUT2D eigenvalue weighted by atomic mass is 32.1. The molecule has 0 aliphatic rings. The molecule has 148 valence electrons. The van der Waals surface area contributed by atoms with Gasteiger partial charge in [-0.05, 0) is 74.3 Å². The van der Waals surface area contributed by atoms with Crippen molar-refractivity contribution < 1.29 is 4.74 Å². The van der Waals surface area contributed by atoms with Crippen molar-refractivity contribution in [2.75, 3.05) is 7.11 Å². The molecule has 1 aromatic heterocycles. The van der Waals surface area contributed by atoms with Crippen LogP contribution in [0.1, 0.15) is 10.6 Å². The average Bonchev–Trinajstić information content (AvgIpc) is 3.23. The quantitative estimate of drug-likeness (QED) is 0.215. The average molecular weight is 418 g/mol. The summed E-state index contributed by atoms with van der Waals surface area (Å²) < 4.78 is 6.47. The van der Waals surface area contributed by atoms with Crippen LogP contribution in [-0.4, -0.2) is 12.1 Å². The van der Waals surface area contributed by atoms with Gasteiger partial charge in [-0.1, -0.05) is 60.7 Å². The van der Waals surface area contributed by atoms with Gasteiger partial charge in [-0.15, -0.1) is 11.3 Å². The molecule has 5 aromatic carbocycles. The maximum absolute atomic E-state index is 5.34. The lowest BCUT2D eigenvalue weighted by atomic mass is 9.95. The van der Waals surface area contributed by atoms with E-state index in [4.69, 9.17) is 9.72 Å². The lowest BCUT2D eigenvalue weighted by molar-refractivity contribution is 0.415. The highest BCUT2D eigenvalue weighted by Crippen LogP contribution is 2.33. The Morgan fingerprint density at radius 2 is 1.55 bits per heavy atom. The smallest absolute Gasteiger partial charge is 0.120 e. The summed E-state index contributed by atoms with van der Waals surface area (Å²) in [6.45, 7) is 0. The third kappa shape index (κ3) is 3.15. The molecule has 0 saturated heterocycles. The van der Waals surface area contributed by atoms with Crippen molar-refractivity contribution in [3.05, 3.63) is 95.5 Å². The Balaban J connectivity index is 1.52. The molecule has 6 aromatic rings. The zero-order valence-electron chi connectivity index (χ0n) is 17.0. The molecule has 0 amide bonds. The van der Waals surface area contributed by atoms with E-state index in [9.17, 15) is 0 Å². The molecule has 0 aliphatic heterocycles. The van der Waals surface area contributed by atoms with E-state index in [1.54, 1.807) is 18.4 Å². The molecular weight excluding hydrogens is 398 g/mol. The van der Waals surface area contributed by atoms with E-state index in [1.165, 1.54) is 37.9 Å². The number of methoxy groups -OCH3 is 1. The van der Waals surface area contributed by atoms with Gasteiger partial charge in [-0.25, -0.2) is 4.98 Å². The molecule has 0 saturated carbocycles. The SMILES string of the molecule is COc1ccc2nc(C=Cc3cccc4ccc5cc6ccccc6cc5c34)sc2c1. The van der Waals surface area contributed by atoms with E-state index >= 15 is 0 Å². The van der Waals surface area contributed by atoms with Gasteiger partial charge in [0.1, 0.15) is 10.8 Å². The summed E-state index contributed by atoms with van der Waals surface area (Å²) in [6.07, 6.45) is 4.30. The number of rotatable bonds is 3. The molecule has 0 aliphatic carbocycles. The van der Waals surface area contributed by atoms with Gasteiger partial charge >= 0.3 is 0 Å². The van der Waals surface area contributed by atoms with E-state index < -0.39 is 0 Å². The zero-order chi connectivity index (χ0) is 20.8. The summed E-state index contributed by atoms with van der Waals surface area (Å²) in [5, 5.41) is 8.60. The summed E-state index contributed by atoms with van der Waals surface area (Å²) in [7, 11) is 1.69. The fourth-order valence-corrected chi connectivity index (χ4v) is 5.15. The highest BCUT2D eigenvalue weighted by Gasteiger charge is 2.07. The van der Waals surface area contributed by atoms with Crippen molar-refractivity contribution in [2.45, 2.75) is 0 Å². The van der Waals surface area contributed by atoms with E-state index in [0.717, 1.165) is 21.0 Å². The van der Waals surface area contributed by atoms with Crippen LogP contribution in [0.15, 0.2) is 84.9 Å². The predicted molar refractivity (Wildman–Crippen MR) is 134 cm³/mol. The predicted octanol–water partition coefficient (Wildman–Crippen LogP) is 7.93. The van der Waals surface area contributed by atoms with Gasteiger partial charge in [0.15, 0.2) is 0 Å². The summed E-state index contributed by atoms with van der Waals surface area (Å²) in [5.41, 5.74) is 2.20. The van der Waals surface area contributed by atoms with Crippen molar-refractivity contribution >= 4 is 66.0 Å². The minimum Gasteiger partial charge on any atom is -0.497 e. The van der Waals surface area contributed by atoms with Crippen LogP contribution in [-0.2, 0) is 0 Å². The van der Waals surface area contributed by atoms with Crippen molar-refractivity contribution in [3.63, 3.8) is 0 Å². The van der Waals surface area contributed by atoms with Gasteiger partial charge < -0.3 is 4.74 Å². The first-order chi connectivity index (χ1) is 15.3. The zero-order valence-corrected chi connectivity index (χ0v) is 17.8.